The summed E-state index contributed by atoms with van der Waals surface area (Å²) in [7, 11) is 0. The van der Waals surface area contributed by atoms with Crippen molar-refractivity contribution >= 4 is 5.91 Å². The van der Waals surface area contributed by atoms with Crippen molar-refractivity contribution in [3.8, 4) is 0 Å². The van der Waals surface area contributed by atoms with Gasteiger partial charge in [0.2, 0.25) is 5.91 Å². The van der Waals surface area contributed by atoms with Gasteiger partial charge in [-0.2, -0.15) is 0 Å². The van der Waals surface area contributed by atoms with Crippen LogP contribution < -0.4 is 11.1 Å². The number of amides is 1. The lowest BCUT2D eigenvalue weighted by Crippen LogP contribution is -2.40. The van der Waals surface area contributed by atoms with Gasteiger partial charge in [-0.1, -0.05) is 19.8 Å². The number of aliphatic hydroxyl groups is 1. The van der Waals surface area contributed by atoms with Crippen LogP contribution in [0.3, 0.4) is 0 Å². The van der Waals surface area contributed by atoms with Crippen LogP contribution in [0.1, 0.15) is 52.4 Å². The molecular weight excluding hydrogens is 204 g/mol. The van der Waals surface area contributed by atoms with Gasteiger partial charge in [-0.25, -0.2) is 0 Å². The molecule has 0 aromatic rings. The van der Waals surface area contributed by atoms with E-state index in [0.29, 0.717) is 25.9 Å². The largest absolute Gasteiger partial charge is 0.388 e. The first-order valence-corrected chi connectivity index (χ1v) is 6.21. The Labute approximate surface area is 98.6 Å². The van der Waals surface area contributed by atoms with Gasteiger partial charge in [-0.05, 0) is 32.7 Å². The zero-order valence-corrected chi connectivity index (χ0v) is 10.6. The van der Waals surface area contributed by atoms with Gasteiger partial charge in [0.1, 0.15) is 0 Å². The van der Waals surface area contributed by atoms with Crippen LogP contribution in [0.4, 0.5) is 0 Å². The minimum absolute atomic E-state index is 0.0217. The van der Waals surface area contributed by atoms with Gasteiger partial charge in [-0.15, -0.1) is 0 Å². The molecule has 4 N–H and O–H groups in total. The molecule has 1 unspecified atom stereocenters. The molecule has 0 rings (SSSR count). The number of carbonyl (C=O) groups excluding carboxylic acids is 1. The first-order chi connectivity index (χ1) is 7.52. The van der Waals surface area contributed by atoms with Gasteiger partial charge in [-0.3, -0.25) is 4.79 Å². The summed E-state index contributed by atoms with van der Waals surface area (Å²) in [5.41, 5.74) is 4.58. The third kappa shape index (κ3) is 8.68. The van der Waals surface area contributed by atoms with E-state index in [4.69, 9.17) is 5.73 Å². The molecule has 0 aliphatic rings. The fourth-order valence-corrected chi connectivity index (χ4v) is 1.61. The maximum atomic E-state index is 11.4. The van der Waals surface area contributed by atoms with Gasteiger partial charge >= 0.3 is 0 Å². The van der Waals surface area contributed by atoms with Crippen molar-refractivity contribution in [3.63, 3.8) is 0 Å². The van der Waals surface area contributed by atoms with Crippen LogP contribution in [0.15, 0.2) is 0 Å². The van der Waals surface area contributed by atoms with Crippen molar-refractivity contribution in [1.29, 1.82) is 0 Å². The number of hydrogen-bond acceptors (Lipinski definition) is 3. The highest BCUT2D eigenvalue weighted by Gasteiger charge is 2.19. The fraction of sp³-hybridized carbons (Fsp3) is 0.917. The van der Waals surface area contributed by atoms with Gasteiger partial charge in [0.15, 0.2) is 0 Å². The first-order valence-electron chi connectivity index (χ1n) is 6.21. The summed E-state index contributed by atoms with van der Waals surface area (Å²) in [6.45, 7) is 4.80. The average molecular weight is 230 g/mol. The minimum atomic E-state index is -0.776. The molecular formula is C12H26N2O2. The Morgan fingerprint density at radius 1 is 1.38 bits per heavy atom. The number of carbonyl (C=O) groups is 1. The normalized spacial score (nSPS) is 14.5. The smallest absolute Gasteiger partial charge is 0.220 e. The molecule has 0 aliphatic heterocycles. The van der Waals surface area contributed by atoms with Crippen LogP contribution >= 0.6 is 0 Å². The highest BCUT2D eigenvalue weighted by molar-refractivity contribution is 5.75. The van der Waals surface area contributed by atoms with Crippen molar-refractivity contribution in [3.05, 3.63) is 0 Å². The number of nitrogens with one attached hydrogen (secondary N) is 1. The van der Waals surface area contributed by atoms with Crippen LogP contribution in [-0.4, -0.2) is 29.7 Å². The van der Waals surface area contributed by atoms with E-state index in [2.05, 4.69) is 5.32 Å². The van der Waals surface area contributed by atoms with Crippen LogP contribution in [-0.2, 0) is 4.79 Å². The lowest BCUT2D eigenvalue weighted by molar-refractivity contribution is -0.122. The maximum absolute atomic E-state index is 11.4. The molecule has 0 radical (unpaired) electrons. The van der Waals surface area contributed by atoms with Crippen molar-refractivity contribution in [1.82, 2.24) is 5.32 Å². The highest BCUT2D eigenvalue weighted by Crippen LogP contribution is 2.10. The van der Waals surface area contributed by atoms with E-state index in [-0.39, 0.29) is 5.91 Å². The van der Waals surface area contributed by atoms with E-state index in [0.717, 1.165) is 25.7 Å². The predicted molar refractivity (Wildman–Crippen MR) is 66.1 cm³/mol. The Kier molecular flexibility index (Phi) is 8.21. The zero-order chi connectivity index (χ0) is 12.4. The number of rotatable bonds is 9. The molecule has 0 bridgehead atoms. The molecule has 0 saturated heterocycles. The molecule has 0 spiro atoms. The van der Waals surface area contributed by atoms with E-state index in [1.165, 1.54) is 0 Å². The summed E-state index contributed by atoms with van der Waals surface area (Å²) in [5, 5.41) is 12.6. The molecule has 16 heavy (non-hydrogen) atoms. The Balaban J connectivity index is 3.56. The molecule has 1 amide bonds. The lowest BCUT2D eigenvalue weighted by Gasteiger charge is -2.22. The first kappa shape index (κ1) is 15.4. The Bertz CT molecular complexity index is 193. The SMILES string of the molecule is CCCC(C)(O)CNC(=O)CCCCCN. The molecule has 0 heterocycles. The maximum Gasteiger partial charge on any atom is 0.220 e. The Morgan fingerprint density at radius 2 is 2.06 bits per heavy atom. The second-order valence-electron chi connectivity index (χ2n) is 4.62. The summed E-state index contributed by atoms with van der Waals surface area (Å²) in [5.74, 6) is 0.0217. The number of hydrogen-bond donors (Lipinski definition) is 3. The van der Waals surface area contributed by atoms with E-state index < -0.39 is 5.60 Å². The predicted octanol–water partition coefficient (Wildman–Crippen LogP) is 1.17. The third-order valence-corrected chi connectivity index (χ3v) is 2.56. The van der Waals surface area contributed by atoms with E-state index >= 15 is 0 Å². The third-order valence-electron chi connectivity index (χ3n) is 2.56. The standard InChI is InChI=1S/C12H26N2O2/c1-3-8-12(2,16)10-14-11(15)7-5-4-6-9-13/h16H,3-10,13H2,1-2H3,(H,14,15). The summed E-state index contributed by atoms with van der Waals surface area (Å²) in [6, 6.07) is 0. The van der Waals surface area contributed by atoms with Crippen molar-refractivity contribution in [2.45, 2.75) is 58.0 Å². The summed E-state index contributed by atoms with van der Waals surface area (Å²) in [4.78, 5) is 11.4. The Hall–Kier alpha value is -0.610. The molecule has 0 aliphatic carbocycles. The molecule has 4 nitrogen and oxygen atoms in total. The van der Waals surface area contributed by atoms with E-state index in [1.807, 2.05) is 6.92 Å². The Morgan fingerprint density at radius 3 is 2.62 bits per heavy atom. The second kappa shape index (κ2) is 8.53. The molecule has 4 heteroatoms. The minimum Gasteiger partial charge on any atom is -0.388 e. The number of nitrogens with two attached hydrogens (primary N) is 1. The molecule has 0 fully saturated rings. The van der Waals surface area contributed by atoms with Gasteiger partial charge in [0.25, 0.3) is 0 Å². The molecule has 0 saturated carbocycles. The van der Waals surface area contributed by atoms with Crippen molar-refractivity contribution < 1.29 is 9.90 Å². The monoisotopic (exact) mass is 230 g/mol. The summed E-state index contributed by atoms with van der Waals surface area (Å²) >= 11 is 0. The van der Waals surface area contributed by atoms with E-state index in [9.17, 15) is 9.90 Å². The van der Waals surface area contributed by atoms with Crippen LogP contribution in [0.25, 0.3) is 0 Å². The van der Waals surface area contributed by atoms with Gasteiger partial charge < -0.3 is 16.2 Å². The van der Waals surface area contributed by atoms with Crippen LogP contribution in [0.2, 0.25) is 0 Å². The highest BCUT2D eigenvalue weighted by atomic mass is 16.3. The second-order valence-corrected chi connectivity index (χ2v) is 4.62. The molecule has 96 valence electrons. The van der Waals surface area contributed by atoms with Crippen molar-refractivity contribution in [2.75, 3.05) is 13.1 Å². The molecule has 0 aromatic carbocycles. The van der Waals surface area contributed by atoms with Crippen molar-refractivity contribution in [2.24, 2.45) is 5.73 Å². The van der Waals surface area contributed by atoms with Crippen LogP contribution in [0.5, 0.6) is 0 Å². The number of unbranched alkanes of at least 4 members (excludes halogenated alkanes) is 2. The molecule has 0 aromatic heterocycles. The average Bonchev–Trinajstić information content (AvgIpc) is 2.22. The van der Waals surface area contributed by atoms with Gasteiger partial charge in [0.05, 0.1) is 5.60 Å². The van der Waals surface area contributed by atoms with E-state index in [1.54, 1.807) is 6.92 Å². The lowest BCUT2D eigenvalue weighted by atomic mass is 10.0. The molecule has 1 atom stereocenters. The zero-order valence-electron chi connectivity index (χ0n) is 10.6. The topological polar surface area (TPSA) is 75.3 Å². The summed E-state index contributed by atoms with van der Waals surface area (Å²) in [6.07, 6.45) is 5.00. The van der Waals surface area contributed by atoms with Crippen LogP contribution in [0, 0.1) is 0 Å². The summed E-state index contributed by atoms with van der Waals surface area (Å²) < 4.78 is 0. The quantitative estimate of drug-likeness (QED) is 0.520. The fourth-order valence-electron chi connectivity index (χ4n) is 1.61. The van der Waals surface area contributed by atoms with Gasteiger partial charge in [0, 0.05) is 13.0 Å².